The molecule has 23 heavy (non-hydrogen) atoms. The zero-order valence-electron chi connectivity index (χ0n) is 12.5. The van der Waals surface area contributed by atoms with E-state index in [9.17, 15) is 4.79 Å². The van der Waals surface area contributed by atoms with Crippen LogP contribution in [0.1, 0.15) is 30.5 Å². The van der Waals surface area contributed by atoms with Crippen LogP contribution in [0.25, 0.3) is 11.0 Å². The largest absolute Gasteiger partial charge is 0.325 e. The Morgan fingerprint density at radius 2 is 2.22 bits per heavy atom. The highest BCUT2D eigenvalue weighted by Crippen LogP contribution is 2.39. The summed E-state index contributed by atoms with van der Waals surface area (Å²) in [6.45, 7) is 2.89. The number of nitrogens with one attached hydrogen (secondary N) is 1. The Balaban J connectivity index is 1.89. The molecule has 0 saturated carbocycles. The molecule has 1 aromatic carbocycles. The van der Waals surface area contributed by atoms with Crippen LogP contribution >= 0.6 is 11.6 Å². The van der Waals surface area contributed by atoms with Crippen LogP contribution in [-0.2, 0) is 11.3 Å². The zero-order chi connectivity index (χ0) is 16.0. The van der Waals surface area contributed by atoms with Crippen molar-refractivity contribution in [3.63, 3.8) is 0 Å². The summed E-state index contributed by atoms with van der Waals surface area (Å²) < 4.78 is 1.84. The number of hydrogen-bond donors (Lipinski definition) is 1. The lowest BCUT2D eigenvalue weighted by molar-refractivity contribution is -0.116. The van der Waals surface area contributed by atoms with Crippen LogP contribution in [0.2, 0.25) is 5.02 Å². The summed E-state index contributed by atoms with van der Waals surface area (Å²) in [7, 11) is 0. The third kappa shape index (κ3) is 2.26. The third-order valence-electron chi connectivity index (χ3n) is 3.97. The number of anilines is 1. The van der Waals surface area contributed by atoms with Crippen LogP contribution in [0.3, 0.4) is 0 Å². The second-order valence-corrected chi connectivity index (χ2v) is 5.98. The molecule has 0 saturated heterocycles. The molecule has 0 bridgehead atoms. The smallest absolute Gasteiger partial charge is 0.238 e. The van der Waals surface area contributed by atoms with Crippen molar-refractivity contribution in [3.8, 4) is 0 Å². The molecule has 1 unspecified atom stereocenters. The summed E-state index contributed by atoms with van der Waals surface area (Å²) in [5.74, 6) is -0.598. The maximum atomic E-state index is 12.5. The SMILES string of the molecule is CCCn1cc2c(C3C(=O)Nc4ccc(Cl)cc43)ncnc2n1. The van der Waals surface area contributed by atoms with Gasteiger partial charge in [0.1, 0.15) is 12.2 Å². The van der Waals surface area contributed by atoms with E-state index < -0.39 is 5.92 Å². The Kier molecular flexibility index (Phi) is 3.27. The minimum absolute atomic E-state index is 0.106. The molecule has 0 radical (unpaired) electrons. The van der Waals surface area contributed by atoms with Crippen molar-refractivity contribution >= 4 is 34.2 Å². The quantitative estimate of drug-likeness (QED) is 0.802. The molecule has 1 N–H and O–H groups in total. The predicted molar refractivity (Wildman–Crippen MR) is 87.5 cm³/mol. The van der Waals surface area contributed by atoms with Gasteiger partial charge in [-0.2, -0.15) is 5.10 Å². The molecule has 0 aliphatic carbocycles. The Bertz CT molecular complexity index is 920. The summed E-state index contributed by atoms with van der Waals surface area (Å²) in [6.07, 6.45) is 4.33. The summed E-state index contributed by atoms with van der Waals surface area (Å²) >= 11 is 6.10. The predicted octanol–water partition coefficient (Wildman–Crippen LogP) is 2.97. The van der Waals surface area contributed by atoms with Crippen molar-refractivity contribution in [2.24, 2.45) is 0 Å². The van der Waals surface area contributed by atoms with Crippen LogP contribution in [0.15, 0.2) is 30.7 Å². The van der Waals surface area contributed by atoms with Gasteiger partial charge in [-0.1, -0.05) is 18.5 Å². The maximum absolute atomic E-state index is 12.5. The number of aromatic nitrogens is 4. The van der Waals surface area contributed by atoms with E-state index in [0.717, 1.165) is 29.6 Å². The zero-order valence-corrected chi connectivity index (χ0v) is 13.2. The van der Waals surface area contributed by atoms with Gasteiger partial charge in [0.2, 0.25) is 5.91 Å². The molecule has 116 valence electrons. The van der Waals surface area contributed by atoms with Crippen molar-refractivity contribution < 1.29 is 4.79 Å². The molecule has 6 nitrogen and oxygen atoms in total. The van der Waals surface area contributed by atoms with Gasteiger partial charge in [-0.3, -0.25) is 9.48 Å². The Labute approximate surface area is 137 Å². The number of amides is 1. The molecule has 1 aliphatic heterocycles. The van der Waals surface area contributed by atoms with E-state index >= 15 is 0 Å². The number of fused-ring (bicyclic) bond motifs is 2. The number of carbonyl (C=O) groups excluding carboxylic acids is 1. The first kappa shape index (κ1) is 14.1. The molecule has 1 aliphatic rings. The van der Waals surface area contributed by atoms with E-state index in [4.69, 9.17) is 11.6 Å². The Morgan fingerprint density at radius 1 is 1.35 bits per heavy atom. The molecular weight excluding hydrogens is 314 g/mol. The molecule has 4 rings (SSSR count). The molecule has 0 spiro atoms. The van der Waals surface area contributed by atoms with Crippen molar-refractivity contribution in [3.05, 3.63) is 47.0 Å². The van der Waals surface area contributed by atoms with Crippen LogP contribution in [-0.4, -0.2) is 25.7 Å². The third-order valence-corrected chi connectivity index (χ3v) is 4.20. The van der Waals surface area contributed by atoms with Gasteiger partial charge < -0.3 is 5.32 Å². The van der Waals surface area contributed by atoms with Gasteiger partial charge in [-0.25, -0.2) is 9.97 Å². The Hall–Kier alpha value is -2.47. The first-order valence-corrected chi connectivity index (χ1v) is 7.83. The highest BCUT2D eigenvalue weighted by Gasteiger charge is 2.34. The van der Waals surface area contributed by atoms with Crippen LogP contribution in [0, 0.1) is 0 Å². The summed E-state index contributed by atoms with van der Waals surface area (Å²) in [4.78, 5) is 21.1. The minimum Gasteiger partial charge on any atom is -0.325 e. The monoisotopic (exact) mass is 327 g/mol. The number of rotatable bonds is 3. The fourth-order valence-corrected chi connectivity index (χ4v) is 3.16. The number of nitrogens with zero attached hydrogens (tertiary/aromatic N) is 4. The van der Waals surface area contributed by atoms with Gasteiger partial charge in [-0.15, -0.1) is 0 Å². The lowest BCUT2D eigenvalue weighted by Crippen LogP contribution is -2.14. The second kappa shape index (κ2) is 5.31. The highest BCUT2D eigenvalue weighted by molar-refractivity contribution is 6.31. The van der Waals surface area contributed by atoms with Crippen molar-refractivity contribution in [1.82, 2.24) is 19.7 Å². The molecule has 3 heterocycles. The van der Waals surface area contributed by atoms with Crippen LogP contribution in [0.5, 0.6) is 0 Å². The molecular formula is C16H14ClN5O. The molecule has 0 fully saturated rings. The van der Waals surface area contributed by atoms with E-state index in [2.05, 4.69) is 27.3 Å². The summed E-state index contributed by atoms with van der Waals surface area (Å²) in [5.41, 5.74) is 2.88. The maximum Gasteiger partial charge on any atom is 0.238 e. The van der Waals surface area contributed by atoms with Gasteiger partial charge in [0, 0.05) is 23.5 Å². The highest BCUT2D eigenvalue weighted by atomic mass is 35.5. The summed E-state index contributed by atoms with van der Waals surface area (Å²) in [5, 5.41) is 8.72. The van der Waals surface area contributed by atoms with E-state index in [1.807, 2.05) is 23.0 Å². The first-order valence-electron chi connectivity index (χ1n) is 7.45. The minimum atomic E-state index is -0.492. The normalized spacial score (nSPS) is 16.6. The van der Waals surface area contributed by atoms with Gasteiger partial charge in [-0.05, 0) is 30.2 Å². The standard InChI is InChI=1S/C16H14ClN5O/c1-2-5-22-7-11-14(18-8-19-15(11)21-22)13-10-6-9(17)3-4-12(10)20-16(13)23/h3-4,6-8,13H,2,5H2,1H3,(H,20,23). The van der Waals surface area contributed by atoms with E-state index in [1.54, 1.807) is 6.07 Å². The lowest BCUT2D eigenvalue weighted by atomic mass is 9.95. The number of hydrogen-bond acceptors (Lipinski definition) is 4. The topological polar surface area (TPSA) is 72.7 Å². The number of halogens is 1. The van der Waals surface area contributed by atoms with Gasteiger partial charge in [0.05, 0.1) is 11.1 Å². The van der Waals surface area contributed by atoms with Crippen molar-refractivity contribution in [2.75, 3.05) is 5.32 Å². The fourth-order valence-electron chi connectivity index (χ4n) is 2.98. The second-order valence-electron chi connectivity index (χ2n) is 5.54. The van der Waals surface area contributed by atoms with Gasteiger partial charge >= 0.3 is 0 Å². The number of carbonyl (C=O) groups is 1. The van der Waals surface area contributed by atoms with Crippen LogP contribution in [0.4, 0.5) is 5.69 Å². The van der Waals surface area contributed by atoms with E-state index in [0.29, 0.717) is 16.4 Å². The van der Waals surface area contributed by atoms with Crippen molar-refractivity contribution in [1.29, 1.82) is 0 Å². The molecule has 1 amide bonds. The number of benzene rings is 1. The molecule has 2 aromatic heterocycles. The van der Waals surface area contributed by atoms with E-state index in [-0.39, 0.29) is 5.91 Å². The average Bonchev–Trinajstić information content (AvgIpc) is 3.07. The summed E-state index contributed by atoms with van der Waals surface area (Å²) in [6, 6.07) is 5.39. The van der Waals surface area contributed by atoms with Crippen molar-refractivity contribution in [2.45, 2.75) is 25.8 Å². The van der Waals surface area contributed by atoms with E-state index in [1.165, 1.54) is 6.33 Å². The molecule has 3 aromatic rings. The van der Waals surface area contributed by atoms with Gasteiger partial charge in [0.25, 0.3) is 0 Å². The lowest BCUT2D eigenvalue weighted by Gasteiger charge is -2.09. The molecule has 7 heteroatoms. The van der Waals surface area contributed by atoms with Gasteiger partial charge in [0.15, 0.2) is 5.65 Å². The molecule has 1 atom stereocenters. The van der Waals surface area contributed by atoms with Crippen LogP contribution < -0.4 is 5.32 Å². The first-order chi connectivity index (χ1) is 11.2. The Morgan fingerprint density at radius 3 is 3.04 bits per heavy atom. The fraction of sp³-hybridized carbons (Fsp3) is 0.250. The average molecular weight is 328 g/mol. The number of aryl methyl sites for hydroxylation is 1.